The minimum absolute atomic E-state index is 0.0800. The van der Waals surface area contributed by atoms with Crippen LogP contribution in [0.3, 0.4) is 0 Å². The van der Waals surface area contributed by atoms with E-state index in [1.54, 1.807) is 45.6 Å². The molecule has 1 heterocycles. The Morgan fingerprint density at radius 3 is 2.24 bits per heavy atom. The quantitative estimate of drug-likeness (QED) is 0.265. The van der Waals surface area contributed by atoms with Gasteiger partial charge in [0.15, 0.2) is 11.5 Å². The third kappa shape index (κ3) is 4.60. The molecule has 3 aromatic carbocycles. The highest BCUT2D eigenvalue weighted by Crippen LogP contribution is 2.41. The van der Waals surface area contributed by atoms with Crippen LogP contribution in [-0.2, 0) is 29.0 Å². The van der Waals surface area contributed by atoms with Crippen LogP contribution in [0.15, 0.2) is 66.2 Å². The summed E-state index contributed by atoms with van der Waals surface area (Å²) in [5.41, 5.74) is 4.54. The Bertz CT molecular complexity index is 1410. The van der Waals surface area contributed by atoms with Crippen LogP contribution in [0.5, 0.6) is 17.2 Å². The molecule has 0 bridgehead atoms. The van der Waals surface area contributed by atoms with Gasteiger partial charge in [0.1, 0.15) is 11.5 Å². The largest absolute Gasteiger partial charge is 0.507 e. The highest BCUT2D eigenvalue weighted by molar-refractivity contribution is 6.46. The normalized spacial score (nSPS) is 18.3. The van der Waals surface area contributed by atoms with E-state index in [0.29, 0.717) is 28.4 Å². The average Bonchev–Trinajstić information content (AvgIpc) is 3.21. The van der Waals surface area contributed by atoms with E-state index in [0.717, 1.165) is 31.2 Å². The number of benzene rings is 3. The van der Waals surface area contributed by atoms with Crippen molar-refractivity contribution >= 4 is 17.4 Å². The highest BCUT2D eigenvalue weighted by Gasteiger charge is 2.46. The van der Waals surface area contributed by atoms with Crippen LogP contribution in [0.1, 0.15) is 46.7 Å². The SMILES string of the molecule is COc1ccc(C2/C(=C(/O)c3ccc4c(c3)CCCC4)C(=O)C(=O)N2Cc2ccc(OC)c(OC)c2)cc1. The molecule has 0 saturated carbocycles. The van der Waals surface area contributed by atoms with Gasteiger partial charge < -0.3 is 24.2 Å². The Kier molecular flexibility index (Phi) is 7.09. The van der Waals surface area contributed by atoms with Crippen molar-refractivity contribution in [2.24, 2.45) is 0 Å². The molecule has 2 aliphatic rings. The first-order valence-electron chi connectivity index (χ1n) is 12.7. The van der Waals surface area contributed by atoms with Crippen LogP contribution in [0.4, 0.5) is 0 Å². The number of carbonyl (C=O) groups is 2. The summed E-state index contributed by atoms with van der Waals surface area (Å²) in [4.78, 5) is 28.4. The summed E-state index contributed by atoms with van der Waals surface area (Å²) in [5, 5.41) is 11.5. The lowest BCUT2D eigenvalue weighted by Gasteiger charge is -2.26. The minimum Gasteiger partial charge on any atom is -0.507 e. The van der Waals surface area contributed by atoms with Crippen molar-refractivity contribution in [1.82, 2.24) is 4.90 Å². The molecule has 7 heteroatoms. The van der Waals surface area contributed by atoms with E-state index in [1.165, 1.54) is 16.0 Å². The summed E-state index contributed by atoms with van der Waals surface area (Å²) in [6.45, 7) is 0.141. The van der Waals surface area contributed by atoms with Crippen molar-refractivity contribution < 1.29 is 28.9 Å². The number of aliphatic hydroxyl groups excluding tert-OH is 1. The van der Waals surface area contributed by atoms with Crippen LogP contribution < -0.4 is 14.2 Å². The number of Topliss-reactive ketones (excluding diaryl/α,β-unsaturated/α-hetero) is 1. The van der Waals surface area contributed by atoms with Crippen LogP contribution in [-0.4, -0.2) is 43.0 Å². The Hall–Kier alpha value is -4.26. The topological polar surface area (TPSA) is 85.3 Å². The molecular weight excluding hydrogens is 482 g/mol. The summed E-state index contributed by atoms with van der Waals surface area (Å²) in [6.07, 6.45) is 4.19. The molecule has 0 aromatic heterocycles. The van der Waals surface area contributed by atoms with Crippen molar-refractivity contribution in [2.75, 3.05) is 21.3 Å². The molecule has 1 fully saturated rings. The molecular formula is C31H31NO6. The standard InChI is InChI=1S/C31H31NO6/c1-36-24-13-11-21(12-14-24)28-27(29(33)23-10-9-20-6-4-5-7-22(20)17-23)30(34)31(35)32(28)18-19-8-15-25(37-2)26(16-19)38-3/h8-17,28,33H,4-7,18H2,1-3H3/b29-27-. The van der Waals surface area contributed by atoms with Crippen LogP contribution in [0.25, 0.3) is 5.76 Å². The number of methoxy groups -OCH3 is 3. The molecule has 1 unspecified atom stereocenters. The summed E-state index contributed by atoms with van der Waals surface area (Å²) < 4.78 is 16.1. The summed E-state index contributed by atoms with van der Waals surface area (Å²) in [5.74, 6) is 0.211. The fraction of sp³-hybridized carbons (Fsp3) is 0.290. The summed E-state index contributed by atoms with van der Waals surface area (Å²) in [7, 11) is 4.68. The van der Waals surface area contributed by atoms with Crippen molar-refractivity contribution in [1.29, 1.82) is 0 Å². The van der Waals surface area contributed by atoms with E-state index in [1.807, 2.05) is 36.4 Å². The number of rotatable bonds is 7. The fourth-order valence-electron chi connectivity index (χ4n) is 5.39. The molecule has 1 amide bonds. The number of amides is 1. The van der Waals surface area contributed by atoms with Gasteiger partial charge in [-0.15, -0.1) is 0 Å². The van der Waals surface area contributed by atoms with E-state index < -0.39 is 17.7 Å². The zero-order valence-electron chi connectivity index (χ0n) is 21.8. The van der Waals surface area contributed by atoms with Gasteiger partial charge in [-0.05, 0) is 78.3 Å². The monoisotopic (exact) mass is 513 g/mol. The molecule has 196 valence electrons. The predicted octanol–water partition coefficient (Wildman–Crippen LogP) is 5.21. The van der Waals surface area contributed by atoms with E-state index in [-0.39, 0.29) is 17.9 Å². The van der Waals surface area contributed by atoms with E-state index in [2.05, 4.69) is 0 Å². The van der Waals surface area contributed by atoms with Gasteiger partial charge in [0.2, 0.25) is 0 Å². The molecule has 1 atom stereocenters. The van der Waals surface area contributed by atoms with Gasteiger partial charge in [-0.25, -0.2) is 0 Å². The van der Waals surface area contributed by atoms with Gasteiger partial charge in [0.25, 0.3) is 11.7 Å². The molecule has 0 radical (unpaired) electrons. The number of hydrogen-bond acceptors (Lipinski definition) is 6. The maximum atomic E-state index is 13.5. The number of hydrogen-bond donors (Lipinski definition) is 1. The molecule has 1 N–H and O–H groups in total. The van der Waals surface area contributed by atoms with E-state index >= 15 is 0 Å². The molecule has 3 aromatic rings. The van der Waals surface area contributed by atoms with Crippen molar-refractivity contribution in [3.05, 3.63) is 94.1 Å². The molecule has 1 aliphatic heterocycles. The van der Waals surface area contributed by atoms with Gasteiger partial charge in [0.05, 0.1) is 32.9 Å². The second-order valence-corrected chi connectivity index (χ2v) is 9.58. The Balaban J connectivity index is 1.61. The van der Waals surface area contributed by atoms with Crippen LogP contribution >= 0.6 is 0 Å². The van der Waals surface area contributed by atoms with Gasteiger partial charge >= 0.3 is 0 Å². The van der Waals surface area contributed by atoms with E-state index in [4.69, 9.17) is 14.2 Å². The number of carbonyl (C=O) groups excluding carboxylic acids is 2. The Morgan fingerprint density at radius 1 is 0.842 bits per heavy atom. The lowest BCUT2D eigenvalue weighted by molar-refractivity contribution is -0.140. The number of aliphatic hydroxyl groups is 1. The number of fused-ring (bicyclic) bond motifs is 1. The van der Waals surface area contributed by atoms with Crippen molar-refractivity contribution in [3.63, 3.8) is 0 Å². The number of aryl methyl sites for hydroxylation is 2. The second kappa shape index (κ2) is 10.6. The van der Waals surface area contributed by atoms with Gasteiger partial charge in [-0.1, -0.05) is 30.3 Å². The lowest BCUT2D eigenvalue weighted by atomic mass is 9.88. The number of likely N-dealkylation sites (tertiary alicyclic amines) is 1. The molecule has 1 aliphatic carbocycles. The average molecular weight is 514 g/mol. The maximum absolute atomic E-state index is 13.5. The molecule has 1 saturated heterocycles. The number of nitrogens with zero attached hydrogens (tertiary/aromatic N) is 1. The number of ether oxygens (including phenoxy) is 3. The second-order valence-electron chi connectivity index (χ2n) is 9.58. The summed E-state index contributed by atoms with van der Waals surface area (Å²) >= 11 is 0. The third-order valence-electron chi connectivity index (χ3n) is 7.39. The van der Waals surface area contributed by atoms with Gasteiger partial charge in [-0.3, -0.25) is 9.59 Å². The Labute approximate surface area is 222 Å². The fourth-order valence-corrected chi connectivity index (χ4v) is 5.39. The van der Waals surface area contributed by atoms with Crippen molar-refractivity contribution in [3.8, 4) is 17.2 Å². The first-order chi connectivity index (χ1) is 18.4. The zero-order chi connectivity index (χ0) is 26.8. The summed E-state index contributed by atoms with van der Waals surface area (Å²) in [6, 6.07) is 17.6. The third-order valence-corrected chi connectivity index (χ3v) is 7.39. The molecule has 5 rings (SSSR count). The van der Waals surface area contributed by atoms with Gasteiger partial charge in [-0.2, -0.15) is 0 Å². The first kappa shape index (κ1) is 25.4. The van der Waals surface area contributed by atoms with Crippen LogP contribution in [0.2, 0.25) is 0 Å². The smallest absolute Gasteiger partial charge is 0.295 e. The molecule has 38 heavy (non-hydrogen) atoms. The molecule has 7 nitrogen and oxygen atoms in total. The first-order valence-corrected chi connectivity index (χ1v) is 12.7. The minimum atomic E-state index is -0.773. The lowest BCUT2D eigenvalue weighted by Crippen LogP contribution is -2.29. The molecule has 0 spiro atoms. The highest BCUT2D eigenvalue weighted by atomic mass is 16.5. The van der Waals surface area contributed by atoms with Crippen LogP contribution in [0, 0.1) is 0 Å². The van der Waals surface area contributed by atoms with Crippen molar-refractivity contribution in [2.45, 2.75) is 38.3 Å². The van der Waals surface area contributed by atoms with Gasteiger partial charge in [0, 0.05) is 12.1 Å². The van der Waals surface area contributed by atoms with E-state index in [9.17, 15) is 14.7 Å². The number of ketones is 1. The predicted molar refractivity (Wildman–Crippen MR) is 143 cm³/mol. The Morgan fingerprint density at radius 2 is 1.55 bits per heavy atom. The maximum Gasteiger partial charge on any atom is 0.295 e. The zero-order valence-corrected chi connectivity index (χ0v) is 21.8.